The quantitative estimate of drug-likeness (QED) is 0.368. The molecule has 3 aromatic carbocycles. The van der Waals surface area contributed by atoms with Crippen molar-refractivity contribution >= 4 is 11.9 Å². The van der Waals surface area contributed by atoms with E-state index in [0.29, 0.717) is 19.4 Å². The summed E-state index contributed by atoms with van der Waals surface area (Å²) < 4.78 is 1.82. The van der Waals surface area contributed by atoms with Crippen molar-refractivity contribution in [3.05, 3.63) is 120 Å². The lowest BCUT2D eigenvalue weighted by Gasteiger charge is -2.28. The van der Waals surface area contributed by atoms with Gasteiger partial charge in [-0.05, 0) is 30.3 Å². The number of hydrogen-bond acceptors (Lipinski definition) is 4. The van der Waals surface area contributed by atoms with Crippen molar-refractivity contribution in [1.29, 1.82) is 0 Å². The molecule has 1 fully saturated rings. The first-order valence-corrected chi connectivity index (χ1v) is 12.0. The van der Waals surface area contributed by atoms with E-state index in [1.165, 1.54) is 4.90 Å². The van der Waals surface area contributed by atoms with E-state index in [9.17, 15) is 9.59 Å². The van der Waals surface area contributed by atoms with Gasteiger partial charge in [-0.15, -0.1) is 0 Å². The molecule has 1 aliphatic rings. The molecule has 2 heterocycles. The first-order valence-electron chi connectivity index (χ1n) is 12.0. The number of nitrogens with one attached hydrogen (secondary N) is 1. The third kappa shape index (κ3) is 5.06. The van der Waals surface area contributed by atoms with E-state index in [4.69, 9.17) is 0 Å². The number of benzene rings is 3. The average Bonchev–Trinajstić information content (AvgIpc) is 3.44. The highest BCUT2D eigenvalue weighted by molar-refractivity contribution is 6.07. The molecule has 0 saturated carbocycles. The number of hydrogen-bond donors (Lipinski definition) is 1. The van der Waals surface area contributed by atoms with Gasteiger partial charge in [0.2, 0.25) is 0 Å². The molecular formula is C29H29N5O2. The molecule has 4 aromatic rings. The maximum atomic E-state index is 13.8. The lowest BCUT2D eigenvalue weighted by molar-refractivity contribution is -0.132. The Morgan fingerprint density at radius 1 is 0.806 bits per heavy atom. The number of urea groups is 1. The molecule has 7 nitrogen and oxygen atoms in total. The molecule has 0 spiro atoms. The maximum absolute atomic E-state index is 13.8. The molecule has 1 N–H and O–H groups in total. The summed E-state index contributed by atoms with van der Waals surface area (Å²) in [7, 11) is 1.90. The molecule has 1 aromatic heterocycles. The predicted octanol–water partition coefficient (Wildman–Crippen LogP) is 4.04. The van der Waals surface area contributed by atoms with Crippen LogP contribution in [0.5, 0.6) is 0 Å². The molecule has 1 aliphatic heterocycles. The Bertz CT molecular complexity index is 1280. The third-order valence-electron chi connectivity index (χ3n) is 6.44. The number of amides is 3. The second-order valence-electron chi connectivity index (χ2n) is 9.35. The van der Waals surface area contributed by atoms with E-state index in [1.54, 1.807) is 0 Å². The fraction of sp³-hybridized carbons (Fsp3) is 0.207. The monoisotopic (exact) mass is 479 g/mol. The molecular weight excluding hydrogens is 450 g/mol. The van der Waals surface area contributed by atoms with Crippen LogP contribution in [0.4, 0.5) is 4.79 Å². The van der Waals surface area contributed by atoms with Gasteiger partial charge in [0.05, 0.1) is 18.6 Å². The van der Waals surface area contributed by atoms with Gasteiger partial charge in [0.15, 0.2) is 0 Å². The summed E-state index contributed by atoms with van der Waals surface area (Å²) in [5, 5.41) is 7.50. The summed E-state index contributed by atoms with van der Waals surface area (Å²) in [6.07, 6.45) is 4.63. The predicted molar refractivity (Wildman–Crippen MR) is 138 cm³/mol. The Balaban J connectivity index is 1.32. The molecule has 0 bridgehead atoms. The van der Waals surface area contributed by atoms with Gasteiger partial charge < -0.3 is 5.32 Å². The summed E-state index contributed by atoms with van der Waals surface area (Å²) >= 11 is 0. The van der Waals surface area contributed by atoms with Crippen LogP contribution < -0.4 is 5.32 Å². The van der Waals surface area contributed by atoms with Gasteiger partial charge in [0, 0.05) is 31.1 Å². The van der Waals surface area contributed by atoms with Crippen LogP contribution in [0.1, 0.15) is 16.7 Å². The zero-order valence-corrected chi connectivity index (χ0v) is 20.2. The highest BCUT2D eigenvalue weighted by Gasteiger charge is 2.51. The number of carbonyl (C=O) groups excluding carboxylic acids is 2. The maximum Gasteiger partial charge on any atom is 0.326 e. The van der Waals surface area contributed by atoms with Crippen LogP contribution in [0, 0.1) is 0 Å². The van der Waals surface area contributed by atoms with E-state index >= 15 is 0 Å². The van der Waals surface area contributed by atoms with Crippen molar-refractivity contribution in [3.8, 4) is 5.69 Å². The molecule has 1 saturated heterocycles. The standard InChI is InChI=1S/C29H29N5O2/c1-32(20-25-19-30-34(21-25)26-15-9-4-10-16-26)22-33-27(35)29(31-28(33)36,17-23-11-5-2-6-12-23)18-24-13-7-3-8-14-24/h2-16,19,21H,17-18,20,22H2,1H3,(H,31,36). The number of para-hydroxylation sites is 1. The molecule has 0 unspecified atom stereocenters. The van der Waals surface area contributed by atoms with E-state index in [-0.39, 0.29) is 18.6 Å². The average molecular weight is 480 g/mol. The highest BCUT2D eigenvalue weighted by atomic mass is 16.2. The Morgan fingerprint density at radius 3 is 1.94 bits per heavy atom. The number of rotatable bonds is 9. The first-order chi connectivity index (χ1) is 17.5. The minimum absolute atomic E-state index is 0.187. The van der Waals surface area contributed by atoms with E-state index in [1.807, 2.05) is 120 Å². The topological polar surface area (TPSA) is 70.5 Å². The Hall–Kier alpha value is -4.23. The van der Waals surface area contributed by atoms with Gasteiger partial charge in [-0.3, -0.25) is 9.69 Å². The Morgan fingerprint density at radius 2 is 1.36 bits per heavy atom. The lowest BCUT2D eigenvalue weighted by Crippen LogP contribution is -2.51. The summed E-state index contributed by atoms with van der Waals surface area (Å²) in [5.41, 5.74) is 2.95. The van der Waals surface area contributed by atoms with Crippen molar-refractivity contribution in [3.63, 3.8) is 0 Å². The largest absolute Gasteiger partial charge is 0.326 e. The van der Waals surface area contributed by atoms with Crippen LogP contribution in [0.2, 0.25) is 0 Å². The van der Waals surface area contributed by atoms with Gasteiger partial charge in [-0.1, -0.05) is 78.9 Å². The normalized spacial score (nSPS) is 14.9. The third-order valence-corrected chi connectivity index (χ3v) is 6.44. The van der Waals surface area contributed by atoms with Crippen molar-refractivity contribution in [2.45, 2.75) is 24.9 Å². The van der Waals surface area contributed by atoms with Gasteiger partial charge in [-0.25, -0.2) is 14.4 Å². The summed E-state index contributed by atoms with van der Waals surface area (Å²) in [5.74, 6) is -0.202. The van der Waals surface area contributed by atoms with Crippen LogP contribution in [-0.4, -0.2) is 50.8 Å². The molecule has 0 atom stereocenters. The summed E-state index contributed by atoms with van der Waals surface area (Å²) in [6.45, 7) is 0.737. The van der Waals surface area contributed by atoms with Gasteiger partial charge in [-0.2, -0.15) is 5.10 Å². The molecule has 36 heavy (non-hydrogen) atoms. The van der Waals surface area contributed by atoms with Crippen molar-refractivity contribution < 1.29 is 9.59 Å². The molecule has 3 amide bonds. The van der Waals surface area contributed by atoms with Gasteiger partial charge in [0.1, 0.15) is 5.54 Å². The number of nitrogens with zero attached hydrogens (tertiary/aromatic N) is 4. The fourth-order valence-corrected chi connectivity index (χ4v) is 4.76. The van der Waals surface area contributed by atoms with Gasteiger partial charge in [0.25, 0.3) is 5.91 Å². The lowest BCUT2D eigenvalue weighted by atomic mass is 9.84. The van der Waals surface area contributed by atoms with E-state index in [2.05, 4.69) is 10.4 Å². The minimum atomic E-state index is -1.03. The fourth-order valence-electron chi connectivity index (χ4n) is 4.76. The second kappa shape index (κ2) is 10.2. The summed E-state index contributed by atoms with van der Waals surface area (Å²) in [4.78, 5) is 30.2. The Labute approximate surface area is 211 Å². The number of aromatic nitrogens is 2. The first kappa shape index (κ1) is 23.5. The molecule has 7 heteroatoms. The van der Waals surface area contributed by atoms with Crippen molar-refractivity contribution in [1.82, 2.24) is 24.9 Å². The van der Waals surface area contributed by atoms with Gasteiger partial charge >= 0.3 is 6.03 Å². The zero-order chi connectivity index (χ0) is 25.0. The SMILES string of the molecule is CN(Cc1cnn(-c2ccccc2)c1)CN1C(=O)NC(Cc2ccccc2)(Cc2ccccc2)C1=O. The van der Waals surface area contributed by atoms with Crippen LogP contribution in [0.25, 0.3) is 5.69 Å². The molecule has 0 radical (unpaired) electrons. The molecule has 5 rings (SSSR count). The molecule has 0 aliphatic carbocycles. The van der Waals surface area contributed by atoms with Crippen LogP contribution in [0.15, 0.2) is 103 Å². The van der Waals surface area contributed by atoms with Crippen LogP contribution in [0.3, 0.4) is 0 Å². The van der Waals surface area contributed by atoms with Crippen LogP contribution >= 0.6 is 0 Å². The van der Waals surface area contributed by atoms with Crippen molar-refractivity contribution in [2.75, 3.05) is 13.7 Å². The van der Waals surface area contributed by atoms with Crippen LogP contribution in [-0.2, 0) is 24.2 Å². The minimum Gasteiger partial charge on any atom is -0.322 e. The number of carbonyl (C=O) groups is 2. The van der Waals surface area contributed by atoms with E-state index < -0.39 is 5.54 Å². The van der Waals surface area contributed by atoms with E-state index in [0.717, 1.165) is 22.4 Å². The zero-order valence-electron chi connectivity index (χ0n) is 20.2. The highest BCUT2D eigenvalue weighted by Crippen LogP contribution is 2.27. The smallest absolute Gasteiger partial charge is 0.322 e. The Kier molecular flexibility index (Phi) is 6.64. The second-order valence-corrected chi connectivity index (χ2v) is 9.35. The number of imide groups is 1. The summed E-state index contributed by atoms with van der Waals surface area (Å²) in [6, 6.07) is 29.2. The van der Waals surface area contributed by atoms with Crippen molar-refractivity contribution in [2.24, 2.45) is 0 Å². The molecule has 182 valence electrons.